The zero-order valence-corrected chi connectivity index (χ0v) is 13.9. The maximum Gasteiger partial charge on any atom is 0.0740 e. The van der Waals surface area contributed by atoms with Crippen LogP contribution in [0.1, 0.15) is 29.5 Å². The molecule has 0 aliphatic carbocycles. The quantitative estimate of drug-likeness (QED) is 0.689. The van der Waals surface area contributed by atoms with Crippen LogP contribution in [-0.4, -0.2) is 12.0 Å². The Bertz CT molecular complexity index is 614. The molecular formula is C22H25NO. The van der Waals surface area contributed by atoms with E-state index in [9.17, 15) is 0 Å². The van der Waals surface area contributed by atoms with Crippen LogP contribution in [0.2, 0.25) is 0 Å². The van der Waals surface area contributed by atoms with Gasteiger partial charge in [0, 0.05) is 5.41 Å². The van der Waals surface area contributed by atoms with Gasteiger partial charge in [-0.3, -0.25) is 0 Å². The monoisotopic (exact) mass is 319 g/mol. The summed E-state index contributed by atoms with van der Waals surface area (Å²) in [5.74, 6) is 0. The van der Waals surface area contributed by atoms with E-state index >= 15 is 0 Å². The lowest BCUT2D eigenvalue weighted by Gasteiger charge is -2.36. The maximum absolute atomic E-state index is 4.07. The van der Waals surface area contributed by atoms with E-state index < -0.39 is 0 Å². The molecule has 0 saturated heterocycles. The van der Waals surface area contributed by atoms with Crippen LogP contribution < -0.4 is 5.73 Å². The Hall–Kier alpha value is -2.42. The topological polar surface area (TPSA) is 57.6 Å². The van der Waals surface area contributed by atoms with Crippen molar-refractivity contribution in [1.82, 2.24) is 0 Å². The molecule has 2 nitrogen and oxygen atoms in total. The first-order valence-corrected chi connectivity index (χ1v) is 8.34. The molecule has 0 unspecified atom stereocenters. The molecule has 0 bridgehead atoms. The van der Waals surface area contributed by atoms with Gasteiger partial charge in [-0.25, -0.2) is 0 Å². The molecule has 0 radical (unpaired) electrons. The Balaban J connectivity index is 0.00000208. The lowest BCUT2D eigenvalue weighted by atomic mass is 9.67. The summed E-state index contributed by atoms with van der Waals surface area (Å²) in [6, 6.07) is 32.6. The van der Waals surface area contributed by atoms with Crippen molar-refractivity contribution in [3.05, 3.63) is 108 Å². The average Bonchev–Trinajstić information content (AvgIpc) is 2.65. The zero-order chi connectivity index (χ0) is 16.0. The van der Waals surface area contributed by atoms with Crippen molar-refractivity contribution >= 4 is 0 Å². The molecule has 2 heteroatoms. The van der Waals surface area contributed by atoms with Gasteiger partial charge in [-0.15, -0.1) is 0 Å². The van der Waals surface area contributed by atoms with Crippen molar-refractivity contribution in [3.8, 4) is 0 Å². The average molecular weight is 319 g/mol. The van der Waals surface area contributed by atoms with Crippen LogP contribution in [0.25, 0.3) is 0 Å². The third-order valence-electron chi connectivity index (χ3n) is 4.60. The van der Waals surface area contributed by atoms with Crippen molar-refractivity contribution in [2.45, 2.75) is 18.3 Å². The minimum absolute atomic E-state index is 0. The van der Waals surface area contributed by atoms with Gasteiger partial charge in [0.05, 0.1) is 6.54 Å². The number of benzene rings is 3. The minimum Gasteiger partial charge on any atom is -0.870 e. The molecule has 0 amide bonds. The van der Waals surface area contributed by atoms with Crippen LogP contribution in [0.4, 0.5) is 0 Å². The molecule has 3 aromatic rings. The van der Waals surface area contributed by atoms with Gasteiger partial charge in [-0.05, 0) is 29.5 Å². The minimum atomic E-state index is -0.110. The summed E-state index contributed by atoms with van der Waals surface area (Å²) in [5, 5.41) is 0. The summed E-state index contributed by atoms with van der Waals surface area (Å²) in [6.45, 7) is 0.953. The molecule has 0 fully saturated rings. The first-order chi connectivity index (χ1) is 11.4. The molecule has 0 spiro atoms. The summed E-state index contributed by atoms with van der Waals surface area (Å²) in [7, 11) is 0. The Morgan fingerprint density at radius 1 is 0.583 bits per heavy atom. The van der Waals surface area contributed by atoms with E-state index in [-0.39, 0.29) is 10.9 Å². The van der Waals surface area contributed by atoms with Crippen molar-refractivity contribution in [3.63, 3.8) is 0 Å². The number of hydrogen-bond acceptors (Lipinski definition) is 1. The van der Waals surface area contributed by atoms with Gasteiger partial charge in [0.15, 0.2) is 0 Å². The van der Waals surface area contributed by atoms with Crippen LogP contribution in [0.5, 0.6) is 0 Å². The largest absolute Gasteiger partial charge is 0.870 e. The second-order valence-electron chi connectivity index (χ2n) is 5.96. The summed E-state index contributed by atoms with van der Waals surface area (Å²) in [5.41, 5.74) is 8.02. The van der Waals surface area contributed by atoms with Gasteiger partial charge in [0.2, 0.25) is 0 Å². The van der Waals surface area contributed by atoms with Crippen LogP contribution in [0.3, 0.4) is 0 Å². The first-order valence-electron chi connectivity index (χ1n) is 8.34. The molecule has 24 heavy (non-hydrogen) atoms. The van der Waals surface area contributed by atoms with Crippen molar-refractivity contribution in [1.29, 1.82) is 0 Å². The molecule has 3 rings (SSSR count). The van der Waals surface area contributed by atoms with E-state index in [0.29, 0.717) is 0 Å². The Labute approximate surface area is 144 Å². The summed E-state index contributed by atoms with van der Waals surface area (Å²) < 4.78 is 0. The maximum atomic E-state index is 4.07. The molecule has 0 saturated carbocycles. The first kappa shape index (κ1) is 17.9. The molecule has 3 aromatic carbocycles. The van der Waals surface area contributed by atoms with Gasteiger partial charge < -0.3 is 11.2 Å². The van der Waals surface area contributed by atoms with E-state index in [4.69, 9.17) is 0 Å². The smallest absolute Gasteiger partial charge is 0.0740 e. The van der Waals surface area contributed by atoms with E-state index in [1.807, 2.05) is 0 Å². The highest BCUT2D eigenvalue weighted by Gasteiger charge is 2.35. The highest BCUT2D eigenvalue weighted by Crippen LogP contribution is 2.42. The molecular weight excluding hydrogens is 294 g/mol. The second-order valence-corrected chi connectivity index (χ2v) is 5.96. The fraction of sp³-hybridized carbons (Fsp3) is 0.182. The van der Waals surface area contributed by atoms with Crippen LogP contribution in [0, 0.1) is 0 Å². The zero-order valence-electron chi connectivity index (χ0n) is 13.9. The molecule has 0 aliphatic heterocycles. The van der Waals surface area contributed by atoms with Crippen LogP contribution >= 0.6 is 0 Å². The van der Waals surface area contributed by atoms with Crippen molar-refractivity contribution in [2.75, 3.05) is 6.54 Å². The van der Waals surface area contributed by atoms with Crippen LogP contribution in [-0.2, 0) is 5.41 Å². The van der Waals surface area contributed by atoms with E-state index in [0.717, 1.165) is 19.4 Å². The van der Waals surface area contributed by atoms with Crippen LogP contribution in [0.15, 0.2) is 91.0 Å². The van der Waals surface area contributed by atoms with Gasteiger partial charge >= 0.3 is 0 Å². The lowest BCUT2D eigenvalue weighted by molar-refractivity contribution is -0.368. The number of quaternary nitrogens is 1. The molecule has 0 heterocycles. The molecule has 0 atom stereocenters. The number of rotatable bonds is 6. The Kier molecular flexibility index (Phi) is 6.30. The standard InChI is InChI=1S/C22H23N.H2O/c23-18-10-17-22(19-11-4-1-5-12-19,20-13-6-2-7-14-20)21-15-8-3-9-16-21;/h1-9,11-16H,10,17-18,23H2;1H2. The van der Waals surface area contributed by atoms with Crippen molar-refractivity contribution < 1.29 is 11.2 Å². The predicted octanol–water partition coefficient (Wildman–Crippen LogP) is 3.87. The summed E-state index contributed by atoms with van der Waals surface area (Å²) in [6.07, 6.45) is 2.16. The molecule has 0 aliphatic rings. The fourth-order valence-corrected chi connectivity index (χ4v) is 3.49. The molecule has 124 valence electrons. The van der Waals surface area contributed by atoms with Gasteiger partial charge in [0.1, 0.15) is 0 Å². The summed E-state index contributed by atoms with van der Waals surface area (Å²) in [4.78, 5) is 0. The number of hydrogen-bond donors (Lipinski definition) is 1. The molecule has 4 N–H and O–H groups in total. The Morgan fingerprint density at radius 2 is 0.917 bits per heavy atom. The van der Waals surface area contributed by atoms with E-state index in [1.54, 1.807) is 0 Å². The van der Waals surface area contributed by atoms with Gasteiger partial charge in [0.25, 0.3) is 0 Å². The SMILES string of the molecule is [NH3+]CCCC(c1ccccc1)(c1ccccc1)c1ccccc1.[OH-]. The van der Waals surface area contributed by atoms with E-state index in [1.165, 1.54) is 16.7 Å². The normalized spacial score (nSPS) is 10.9. The van der Waals surface area contributed by atoms with Crippen molar-refractivity contribution in [2.24, 2.45) is 0 Å². The highest BCUT2D eigenvalue weighted by molar-refractivity contribution is 5.50. The van der Waals surface area contributed by atoms with Gasteiger partial charge in [-0.2, -0.15) is 0 Å². The molecule has 0 aromatic heterocycles. The third kappa shape index (κ3) is 3.40. The highest BCUT2D eigenvalue weighted by atomic mass is 16.0. The lowest BCUT2D eigenvalue weighted by Crippen LogP contribution is -2.50. The predicted molar refractivity (Wildman–Crippen MR) is 98.1 cm³/mol. The third-order valence-corrected chi connectivity index (χ3v) is 4.60. The second kappa shape index (κ2) is 8.44. The summed E-state index contributed by atoms with van der Waals surface area (Å²) >= 11 is 0. The van der Waals surface area contributed by atoms with E-state index in [2.05, 4.69) is 96.7 Å². The Morgan fingerprint density at radius 3 is 1.21 bits per heavy atom. The fourth-order valence-electron chi connectivity index (χ4n) is 3.49. The van der Waals surface area contributed by atoms with Gasteiger partial charge in [-0.1, -0.05) is 91.0 Å².